The summed E-state index contributed by atoms with van der Waals surface area (Å²) in [5.41, 5.74) is 0. The summed E-state index contributed by atoms with van der Waals surface area (Å²) in [7, 11) is 0. The monoisotopic (exact) mass is 222 g/mol. The molecule has 3 heteroatoms. The molecular weight excluding hydrogens is 204 g/mol. The van der Waals surface area contributed by atoms with Crippen molar-refractivity contribution in [2.45, 2.75) is 18.7 Å². The maximum atomic E-state index is 7.90. The van der Waals surface area contributed by atoms with E-state index in [4.69, 9.17) is 5.41 Å². The molecule has 0 aliphatic heterocycles. The number of rotatable bonds is 5. The first-order valence-corrected chi connectivity index (χ1v) is 6.26. The minimum Gasteiger partial charge on any atom is -0.360 e. The highest BCUT2D eigenvalue weighted by Gasteiger charge is 2.05. The second-order valence-corrected chi connectivity index (χ2v) is 4.27. The van der Waals surface area contributed by atoms with Gasteiger partial charge in [0.2, 0.25) is 0 Å². The van der Waals surface area contributed by atoms with Crippen LogP contribution in [0.25, 0.3) is 0 Å². The van der Waals surface area contributed by atoms with Gasteiger partial charge in [-0.05, 0) is 26.0 Å². The van der Waals surface area contributed by atoms with E-state index in [1.807, 2.05) is 18.2 Å². The van der Waals surface area contributed by atoms with Gasteiger partial charge in [-0.25, -0.2) is 0 Å². The molecule has 15 heavy (non-hydrogen) atoms. The largest absolute Gasteiger partial charge is 0.360 e. The molecule has 1 aromatic carbocycles. The molecule has 0 radical (unpaired) electrons. The van der Waals surface area contributed by atoms with Crippen LogP contribution in [0.2, 0.25) is 0 Å². The molecule has 0 saturated heterocycles. The van der Waals surface area contributed by atoms with Gasteiger partial charge in [0.05, 0.1) is 5.75 Å². The smallest absolute Gasteiger partial charge is 0.106 e. The highest BCUT2D eigenvalue weighted by atomic mass is 32.2. The topological polar surface area (TPSA) is 27.1 Å². The van der Waals surface area contributed by atoms with E-state index < -0.39 is 0 Å². The lowest BCUT2D eigenvalue weighted by molar-refractivity contribution is 0.461. The first-order chi connectivity index (χ1) is 7.27. The average molecular weight is 222 g/mol. The van der Waals surface area contributed by atoms with Gasteiger partial charge in [0.15, 0.2) is 0 Å². The van der Waals surface area contributed by atoms with E-state index in [0.29, 0.717) is 5.84 Å². The maximum absolute atomic E-state index is 7.90. The van der Waals surface area contributed by atoms with E-state index in [1.165, 1.54) is 4.90 Å². The van der Waals surface area contributed by atoms with Gasteiger partial charge >= 0.3 is 0 Å². The Morgan fingerprint density at radius 1 is 1.20 bits per heavy atom. The Labute approximate surface area is 96.2 Å². The Morgan fingerprint density at radius 2 is 1.80 bits per heavy atom. The summed E-state index contributed by atoms with van der Waals surface area (Å²) in [6.45, 7) is 6.02. The quantitative estimate of drug-likeness (QED) is 0.471. The molecule has 0 aromatic heterocycles. The van der Waals surface area contributed by atoms with Gasteiger partial charge in [0.1, 0.15) is 5.84 Å². The fourth-order valence-electron chi connectivity index (χ4n) is 1.37. The number of nitrogens with one attached hydrogen (secondary N) is 1. The second kappa shape index (κ2) is 6.51. The third-order valence-electron chi connectivity index (χ3n) is 2.26. The summed E-state index contributed by atoms with van der Waals surface area (Å²) >= 11 is 1.72. The lowest BCUT2D eigenvalue weighted by Gasteiger charge is -2.21. The number of nitrogens with zero attached hydrogens (tertiary/aromatic N) is 1. The molecule has 1 N–H and O–H groups in total. The summed E-state index contributed by atoms with van der Waals surface area (Å²) in [5.74, 6) is 1.47. The number of amidine groups is 1. The molecule has 0 heterocycles. The number of thioether (sulfide) groups is 1. The van der Waals surface area contributed by atoms with Gasteiger partial charge < -0.3 is 4.90 Å². The third kappa shape index (κ3) is 3.96. The van der Waals surface area contributed by atoms with Crippen LogP contribution in [0.1, 0.15) is 13.8 Å². The van der Waals surface area contributed by atoms with Gasteiger partial charge in [0.25, 0.3) is 0 Å². The zero-order chi connectivity index (χ0) is 11.1. The van der Waals surface area contributed by atoms with Gasteiger partial charge in [-0.15, -0.1) is 11.8 Å². The maximum Gasteiger partial charge on any atom is 0.106 e. The van der Waals surface area contributed by atoms with Gasteiger partial charge in [0, 0.05) is 18.0 Å². The van der Waals surface area contributed by atoms with E-state index in [-0.39, 0.29) is 0 Å². The zero-order valence-electron chi connectivity index (χ0n) is 9.36. The molecule has 0 bridgehead atoms. The molecule has 0 unspecified atom stereocenters. The second-order valence-electron chi connectivity index (χ2n) is 3.22. The normalized spacial score (nSPS) is 10.0. The molecule has 1 aromatic rings. The van der Waals surface area contributed by atoms with E-state index in [2.05, 4.69) is 30.9 Å². The van der Waals surface area contributed by atoms with Crippen LogP contribution in [0.3, 0.4) is 0 Å². The molecule has 0 aliphatic rings. The lowest BCUT2D eigenvalue weighted by Crippen LogP contribution is -2.31. The van der Waals surface area contributed by atoms with Crippen LogP contribution in [0.4, 0.5) is 0 Å². The standard InChI is InChI=1S/C12H18N2S/c1-3-14(4-2)12(13)10-15-11-8-6-5-7-9-11/h5-9,13H,3-4,10H2,1-2H3. The number of benzene rings is 1. The molecule has 0 amide bonds. The average Bonchev–Trinajstić information content (AvgIpc) is 2.29. The Morgan fingerprint density at radius 3 is 2.33 bits per heavy atom. The van der Waals surface area contributed by atoms with Crippen molar-refractivity contribution in [2.75, 3.05) is 18.8 Å². The fourth-order valence-corrected chi connectivity index (χ4v) is 2.20. The lowest BCUT2D eigenvalue weighted by atomic mass is 10.4. The minimum absolute atomic E-state index is 0.717. The first kappa shape index (κ1) is 12.1. The Kier molecular flexibility index (Phi) is 5.26. The van der Waals surface area contributed by atoms with Crippen molar-refractivity contribution in [3.05, 3.63) is 30.3 Å². The Balaban J connectivity index is 2.40. The first-order valence-electron chi connectivity index (χ1n) is 5.28. The van der Waals surface area contributed by atoms with E-state index in [1.54, 1.807) is 11.8 Å². The molecule has 0 fully saturated rings. The van der Waals surface area contributed by atoms with Gasteiger partial charge in [-0.1, -0.05) is 18.2 Å². The molecule has 82 valence electrons. The van der Waals surface area contributed by atoms with Crippen molar-refractivity contribution in [1.29, 1.82) is 5.41 Å². The van der Waals surface area contributed by atoms with E-state index in [9.17, 15) is 0 Å². The fraction of sp³-hybridized carbons (Fsp3) is 0.417. The summed E-state index contributed by atoms with van der Waals surface area (Å²) < 4.78 is 0. The third-order valence-corrected chi connectivity index (χ3v) is 3.29. The van der Waals surface area contributed by atoms with Crippen LogP contribution < -0.4 is 0 Å². The summed E-state index contributed by atoms with van der Waals surface area (Å²) in [4.78, 5) is 3.31. The van der Waals surface area contributed by atoms with Crippen molar-refractivity contribution in [1.82, 2.24) is 4.90 Å². The highest BCUT2D eigenvalue weighted by molar-refractivity contribution is 8.00. The molecule has 0 aliphatic carbocycles. The molecular formula is C12H18N2S. The predicted molar refractivity (Wildman–Crippen MR) is 67.8 cm³/mol. The van der Waals surface area contributed by atoms with Crippen molar-refractivity contribution >= 4 is 17.6 Å². The predicted octanol–water partition coefficient (Wildman–Crippen LogP) is 3.10. The molecule has 0 spiro atoms. The summed E-state index contributed by atoms with van der Waals surface area (Å²) in [5, 5.41) is 7.90. The van der Waals surface area contributed by atoms with Gasteiger partial charge in [-0.2, -0.15) is 0 Å². The van der Waals surface area contributed by atoms with Crippen LogP contribution in [-0.4, -0.2) is 29.6 Å². The van der Waals surface area contributed by atoms with Crippen LogP contribution >= 0.6 is 11.8 Å². The van der Waals surface area contributed by atoms with Crippen molar-refractivity contribution < 1.29 is 0 Å². The van der Waals surface area contributed by atoms with Crippen LogP contribution in [0.15, 0.2) is 35.2 Å². The summed E-state index contributed by atoms with van der Waals surface area (Å²) in [6.07, 6.45) is 0. The Bertz CT molecular complexity index is 294. The molecule has 0 saturated carbocycles. The van der Waals surface area contributed by atoms with Gasteiger partial charge in [-0.3, -0.25) is 5.41 Å². The highest BCUT2D eigenvalue weighted by Crippen LogP contribution is 2.17. The molecule has 1 rings (SSSR count). The zero-order valence-corrected chi connectivity index (χ0v) is 10.2. The number of hydrogen-bond acceptors (Lipinski definition) is 2. The van der Waals surface area contributed by atoms with Crippen molar-refractivity contribution in [3.8, 4) is 0 Å². The van der Waals surface area contributed by atoms with E-state index >= 15 is 0 Å². The SMILES string of the molecule is CCN(CC)C(=N)CSc1ccccc1. The summed E-state index contributed by atoms with van der Waals surface area (Å²) in [6, 6.07) is 10.2. The van der Waals surface area contributed by atoms with Crippen LogP contribution in [-0.2, 0) is 0 Å². The Hall–Kier alpha value is -0.960. The van der Waals surface area contributed by atoms with Crippen molar-refractivity contribution in [3.63, 3.8) is 0 Å². The number of hydrogen-bond donors (Lipinski definition) is 1. The minimum atomic E-state index is 0.717. The van der Waals surface area contributed by atoms with Crippen LogP contribution in [0.5, 0.6) is 0 Å². The van der Waals surface area contributed by atoms with E-state index in [0.717, 1.165) is 18.8 Å². The molecule has 0 atom stereocenters. The van der Waals surface area contributed by atoms with Crippen LogP contribution in [0, 0.1) is 5.41 Å². The molecule has 2 nitrogen and oxygen atoms in total. The van der Waals surface area contributed by atoms with Crippen molar-refractivity contribution in [2.24, 2.45) is 0 Å².